The third-order valence-electron chi connectivity index (χ3n) is 2.36. The van der Waals surface area contributed by atoms with Gasteiger partial charge in [-0.3, -0.25) is 6.08 Å². The topological polar surface area (TPSA) is 0 Å². The minimum atomic E-state index is 0. The smallest absolute Gasteiger partial charge is 0 e. The van der Waals surface area contributed by atoms with Gasteiger partial charge in [0.15, 0.2) is 0 Å². The predicted octanol–water partition coefficient (Wildman–Crippen LogP) is 4.59. The number of hydrogen-bond acceptors (Lipinski definition) is 0. The molecule has 0 atom stereocenters. The van der Waals surface area contributed by atoms with Gasteiger partial charge in [-0.05, 0) is 11.3 Å². The largest absolute Gasteiger partial charge is 0.269 e. The third kappa shape index (κ3) is 6.28. The molecule has 1 aliphatic rings. The van der Waals surface area contributed by atoms with Crippen LogP contribution >= 0.6 is 24.8 Å². The van der Waals surface area contributed by atoms with Gasteiger partial charge in [-0.1, -0.05) is 34.6 Å². The normalized spacial score (nSPS) is 14.5. The van der Waals surface area contributed by atoms with Crippen molar-refractivity contribution in [3.63, 3.8) is 0 Å². The van der Waals surface area contributed by atoms with E-state index in [1.165, 1.54) is 11.1 Å². The molecule has 0 saturated carbocycles. The van der Waals surface area contributed by atoms with E-state index < -0.39 is 0 Å². The van der Waals surface area contributed by atoms with Gasteiger partial charge < -0.3 is 0 Å². The van der Waals surface area contributed by atoms with E-state index in [9.17, 15) is 0 Å². The van der Waals surface area contributed by atoms with Crippen molar-refractivity contribution in [1.82, 2.24) is 0 Å². The molecule has 1 aliphatic carbocycles. The first kappa shape index (κ1) is 21.2. The van der Waals surface area contributed by atoms with Crippen LogP contribution in [-0.2, 0) is 25.8 Å². The molecule has 0 heterocycles. The fourth-order valence-electron chi connectivity index (χ4n) is 1.34. The van der Waals surface area contributed by atoms with E-state index in [-0.39, 0.29) is 56.1 Å². The zero-order valence-electron chi connectivity index (χ0n) is 10.2. The Kier molecular flexibility index (Phi) is 11.4. The molecule has 0 aromatic heterocycles. The van der Waals surface area contributed by atoms with Crippen LogP contribution in [0.1, 0.15) is 41.0 Å². The van der Waals surface area contributed by atoms with Crippen LogP contribution in [0.2, 0.25) is 0 Å². The zero-order valence-corrected chi connectivity index (χ0v) is 15.4. The molecular weight excluding hydrogens is 394 g/mol. The van der Waals surface area contributed by atoms with Crippen LogP contribution in [0.15, 0.2) is 17.2 Å². The number of allylic oxidation sites excluding steroid dienone is 4. The van der Waals surface area contributed by atoms with Gasteiger partial charge in [-0.2, -0.15) is 5.57 Å². The summed E-state index contributed by atoms with van der Waals surface area (Å²) in [5, 5.41) is 0. The Hall–Kier alpha value is 0.930. The summed E-state index contributed by atoms with van der Waals surface area (Å²) in [6.45, 7) is 11.2. The first-order valence-corrected chi connectivity index (χ1v) is 4.73. The van der Waals surface area contributed by atoms with Crippen LogP contribution in [-0.4, -0.2) is 0 Å². The molecule has 3 heteroatoms. The monoisotopic (exact) mass is 415 g/mol. The predicted molar refractivity (Wildman–Crippen MR) is 68.2 cm³/mol. The van der Waals surface area contributed by atoms with Crippen LogP contribution in [0, 0.1) is 17.4 Å². The molecule has 0 spiro atoms. The molecule has 1 rings (SSSR count). The minimum absolute atomic E-state index is 0. The molecule has 0 radical (unpaired) electrons. The van der Waals surface area contributed by atoms with Crippen molar-refractivity contribution in [3.05, 3.63) is 23.3 Å². The van der Waals surface area contributed by atoms with Crippen LogP contribution in [0.25, 0.3) is 0 Å². The zero-order chi connectivity index (χ0) is 9.35. The van der Waals surface area contributed by atoms with Crippen LogP contribution < -0.4 is 0 Å². The van der Waals surface area contributed by atoms with E-state index in [1.807, 2.05) is 0 Å². The Morgan fingerprint density at radius 3 is 1.87 bits per heavy atom. The number of hydrogen-bond donors (Lipinski definition) is 0. The van der Waals surface area contributed by atoms with Crippen molar-refractivity contribution in [2.45, 2.75) is 41.0 Å². The van der Waals surface area contributed by atoms with Gasteiger partial charge in [0.1, 0.15) is 0 Å². The number of rotatable bonds is 1. The summed E-state index contributed by atoms with van der Waals surface area (Å²) in [5.74, 6) is 0.678. The molecule has 0 nitrogen and oxygen atoms in total. The maximum Gasteiger partial charge on any atom is 0 e. The van der Waals surface area contributed by atoms with Crippen molar-refractivity contribution in [2.24, 2.45) is 11.3 Å². The molecule has 15 heavy (non-hydrogen) atoms. The minimum Gasteiger partial charge on any atom is -0.269 e. The Labute approximate surface area is 126 Å². The molecule has 0 saturated heterocycles. The Bertz CT molecular complexity index is 234. The molecule has 0 unspecified atom stereocenters. The second-order valence-corrected chi connectivity index (χ2v) is 4.89. The summed E-state index contributed by atoms with van der Waals surface area (Å²) in [6, 6.07) is 0. The summed E-state index contributed by atoms with van der Waals surface area (Å²) in [6.07, 6.45) is 6.82. The maximum absolute atomic E-state index is 3.45. The molecule has 0 fully saturated rings. The number of halogens is 2. The van der Waals surface area contributed by atoms with Crippen molar-refractivity contribution >= 4 is 24.8 Å². The molecule has 0 aromatic carbocycles. The van der Waals surface area contributed by atoms with E-state index in [2.05, 4.69) is 46.8 Å². The van der Waals surface area contributed by atoms with Crippen LogP contribution in [0.3, 0.4) is 0 Å². The van der Waals surface area contributed by atoms with E-state index in [0.29, 0.717) is 5.92 Å². The molecule has 0 aromatic rings. The molecule has 0 amide bonds. The van der Waals surface area contributed by atoms with Gasteiger partial charge in [-0.15, -0.1) is 31.2 Å². The summed E-state index contributed by atoms with van der Waals surface area (Å²) >= 11 is 0. The first-order valence-electron chi connectivity index (χ1n) is 4.73. The molecule has 0 bridgehead atoms. The quantitative estimate of drug-likeness (QED) is 0.435. The average Bonchev–Trinajstić information content (AvgIpc) is 2.30. The fourth-order valence-corrected chi connectivity index (χ4v) is 1.34. The van der Waals surface area contributed by atoms with Crippen LogP contribution in [0.5, 0.6) is 0 Å². The Morgan fingerprint density at radius 1 is 1.20 bits per heavy atom. The van der Waals surface area contributed by atoms with E-state index in [4.69, 9.17) is 0 Å². The molecule has 0 N–H and O–H groups in total. The van der Waals surface area contributed by atoms with Gasteiger partial charge >= 0.3 is 0 Å². The van der Waals surface area contributed by atoms with Gasteiger partial charge in [0, 0.05) is 25.8 Å². The molecule has 0 aliphatic heterocycles. The maximum atomic E-state index is 3.45. The summed E-state index contributed by atoms with van der Waals surface area (Å²) in [5.41, 5.74) is 3.18. The van der Waals surface area contributed by atoms with E-state index >= 15 is 0 Å². The Morgan fingerprint density at radius 2 is 1.67 bits per heavy atom. The Balaban J connectivity index is -0.000000480. The fraction of sp³-hybridized carbons (Fsp3) is 0.667. The molecule has 88 valence electrons. The first-order chi connectivity index (χ1) is 5.41. The van der Waals surface area contributed by atoms with Crippen LogP contribution in [0.4, 0.5) is 0 Å². The summed E-state index contributed by atoms with van der Waals surface area (Å²) in [4.78, 5) is 0. The van der Waals surface area contributed by atoms with Gasteiger partial charge in [-0.25, -0.2) is 11.6 Å². The van der Waals surface area contributed by atoms with Crippen molar-refractivity contribution in [2.75, 3.05) is 0 Å². The van der Waals surface area contributed by atoms with Crippen molar-refractivity contribution < 1.29 is 25.8 Å². The second kappa shape index (κ2) is 8.08. The van der Waals surface area contributed by atoms with Gasteiger partial charge in [0.2, 0.25) is 0 Å². The second-order valence-electron chi connectivity index (χ2n) is 4.89. The van der Waals surface area contributed by atoms with E-state index in [0.717, 1.165) is 6.42 Å². The SMILES string of the molecule is CC(C)C1=CC(C(C)(C)C)=[C-]C1.Cl.Cl.[Hf]. The van der Waals surface area contributed by atoms with E-state index in [1.54, 1.807) is 0 Å². The molecular formula is C12H21Cl2Hf-. The summed E-state index contributed by atoms with van der Waals surface area (Å²) in [7, 11) is 0. The summed E-state index contributed by atoms with van der Waals surface area (Å²) < 4.78 is 0. The van der Waals surface area contributed by atoms with Crippen molar-refractivity contribution in [1.29, 1.82) is 0 Å². The van der Waals surface area contributed by atoms with Gasteiger partial charge in [0.05, 0.1) is 0 Å². The average molecular weight is 415 g/mol. The third-order valence-corrected chi connectivity index (χ3v) is 2.36. The van der Waals surface area contributed by atoms with Gasteiger partial charge in [0.25, 0.3) is 0 Å². The van der Waals surface area contributed by atoms with Crippen molar-refractivity contribution in [3.8, 4) is 0 Å². The standard InChI is InChI=1S/C12H19.2ClH.Hf/c1-9(2)10-6-7-11(8-10)12(3,4)5;;;/h8-9H,6H2,1-5H3;2*1H;/q-1;;;.